The van der Waals surface area contributed by atoms with Gasteiger partial charge in [-0.2, -0.15) is 13.2 Å². The first-order valence-electron chi connectivity index (χ1n) is 6.33. The predicted octanol–water partition coefficient (Wildman–Crippen LogP) is 4.31. The summed E-state index contributed by atoms with van der Waals surface area (Å²) < 4.78 is 48.4. The highest BCUT2D eigenvalue weighted by Gasteiger charge is 2.34. The molecule has 0 bridgehead atoms. The number of carbonyl (C=O) groups excluding carboxylic acids is 1. The summed E-state index contributed by atoms with van der Waals surface area (Å²) in [4.78, 5) is 11.7. The predicted molar refractivity (Wildman–Crippen MR) is 71.2 cm³/mol. The van der Waals surface area contributed by atoms with E-state index >= 15 is 0 Å². The highest BCUT2D eigenvalue weighted by Crippen LogP contribution is 2.35. The quantitative estimate of drug-likeness (QED) is 0.916. The number of halogens is 3. The van der Waals surface area contributed by atoms with Crippen molar-refractivity contribution in [3.05, 3.63) is 47.3 Å². The molecule has 0 unspecified atom stereocenters. The van der Waals surface area contributed by atoms with Gasteiger partial charge in [0.15, 0.2) is 0 Å². The molecule has 1 atom stereocenters. The Morgan fingerprint density at radius 1 is 1.36 bits per heavy atom. The van der Waals surface area contributed by atoms with Crippen LogP contribution in [-0.4, -0.2) is 11.2 Å². The van der Waals surface area contributed by atoms with Crippen molar-refractivity contribution >= 4 is 11.8 Å². The molecule has 8 heteroatoms. The summed E-state index contributed by atoms with van der Waals surface area (Å²) in [5.74, 6) is 0. The van der Waals surface area contributed by atoms with Gasteiger partial charge in [-0.3, -0.25) is 5.32 Å². The number of amides is 1. The van der Waals surface area contributed by atoms with Crippen molar-refractivity contribution in [3.8, 4) is 0 Å². The average Bonchev–Trinajstić information content (AvgIpc) is 2.83. The molecule has 1 N–H and O–H groups in total. The number of alkyl halides is 3. The summed E-state index contributed by atoms with van der Waals surface area (Å²) in [5.41, 5.74) is -0.231. The zero-order valence-corrected chi connectivity index (χ0v) is 11.8. The highest BCUT2D eigenvalue weighted by atomic mass is 19.4. The Balaban J connectivity index is 2.11. The highest BCUT2D eigenvalue weighted by molar-refractivity contribution is 5.85. The molecule has 5 nitrogen and oxygen atoms in total. The van der Waals surface area contributed by atoms with E-state index in [1.165, 1.54) is 31.4 Å². The average molecular weight is 314 g/mol. The molecule has 118 valence electrons. The van der Waals surface area contributed by atoms with E-state index in [1.54, 1.807) is 6.92 Å². The van der Waals surface area contributed by atoms with Gasteiger partial charge >= 0.3 is 12.3 Å². The number of hydrogen-bond donors (Lipinski definition) is 1. The maximum Gasteiger partial charge on any atom is 0.416 e. The van der Waals surface area contributed by atoms with Crippen molar-refractivity contribution in [3.63, 3.8) is 0 Å². The number of benzene rings is 1. The van der Waals surface area contributed by atoms with Crippen LogP contribution in [0.1, 0.15) is 29.8 Å². The molecule has 22 heavy (non-hydrogen) atoms. The lowest BCUT2D eigenvalue weighted by molar-refractivity contribution is -0.139. The minimum absolute atomic E-state index is 0.118. The van der Waals surface area contributed by atoms with Gasteiger partial charge < -0.3 is 9.26 Å². The van der Waals surface area contributed by atoms with Gasteiger partial charge in [-0.1, -0.05) is 23.4 Å². The Kier molecular flexibility index (Phi) is 4.39. The van der Waals surface area contributed by atoms with Crippen LogP contribution in [0.2, 0.25) is 0 Å². The number of anilines is 1. The number of carbonyl (C=O) groups is 1. The van der Waals surface area contributed by atoms with E-state index in [-0.39, 0.29) is 5.56 Å². The molecular formula is C14H13F3N2O3. The van der Waals surface area contributed by atoms with Crippen LogP contribution < -0.4 is 5.32 Å². The number of nitrogens with one attached hydrogen (secondary N) is 1. The monoisotopic (exact) mass is 314 g/mol. The van der Waals surface area contributed by atoms with Crippen LogP contribution in [0, 0.1) is 6.92 Å². The fourth-order valence-electron chi connectivity index (χ4n) is 1.89. The summed E-state index contributed by atoms with van der Waals surface area (Å²) in [6.45, 7) is 2.96. The Morgan fingerprint density at radius 3 is 2.64 bits per heavy atom. The third-order valence-electron chi connectivity index (χ3n) is 2.97. The minimum Gasteiger partial charge on any atom is -0.441 e. The number of rotatable bonds is 3. The van der Waals surface area contributed by atoms with Crippen LogP contribution >= 0.6 is 0 Å². The molecule has 1 heterocycles. The van der Waals surface area contributed by atoms with E-state index < -0.39 is 23.9 Å². The summed E-state index contributed by atoms with van der Waals surface area (Å²) in [7, 11) is 0. The molecule has 2 aromatic rings. The molecular weight excluding hydrogens is 301 g/mol. The van der Waals surface area contributed by atoms with Crippen LogP contribution in [0.5, 0.6) is 0 Å². The maximum absolute atomic E-state index is 12.9. The van der Waals surface area contributed by atoms with E-state index in [0.29, 0.717) is 11.4 Å². The van der Waals surface area contributed by atoms with Gasteiger partial charge in [0.25, 0.3) is 0 Å². The van der Waals surface area contributed by atoms with Crippen molar-refractivity contribution in [1.29, 1.82) is 0 Å². The number of nitrogens with zero attached hydrogens (tertiary/aromatic N) is 1. The summed E-state index contributed by atoms with van der Waals surface area (Å²) in [6, 6.07) is 4.94. The molecule has 0 spiro atoms. The molecule has 0 radical (unpaired) electrons. The Morgan fingerprint density at radius 2 is 2.05 bits per heavy atom. The van der Waals surface area contributed by atoms with Gasteiger partial charge in [0.05, 0.1) is 5.56 Å². The molecule has 0 aliphatic carbocycles. The van der Waals surface area contributed by atoms with E-state index in [2.05, 4.69) is 15.0 Å². The third kappa shape index (κ3) is 3.57. The number of ether oxygens (including phenoxy) is 1. The van der Waals surface area contributed by atoms with Crippen LogP contribution in [0.25, 0.3) is 0 Å². The SMILES string of the molecule is Cc1nocc1NC(=O)O[C@H](C)c1ccccc1C(F)(F)F. The zero-order chi connectivity index (χ0) is 16.3. The molecule has 0 aliphatic heterocycles. The first-order chi connectivity index (χ1) is 10.3. The number of hydrogen-bond acceptors (Lipinski definition) is 4. The third-order valence-corrected chi connectivity index (χ3v) is 2.97. The Bertz CT molecular complexity index is 667. The van der Waals surface area contributed by atoms with Crippen molar-refractivity contribution in [1.82, 2.24) is 5.16 Å². The first-order valence-corrected chi connectivity index (χ1v) is 6.33. The van der Waals surface area contributed by atoms with Crippen LogP contribution in [0.15, 0.2) is 35.1 Å². The molecule has 1 aromatic heterocycles. The van der Waals surface area contributed by atoms with Crippen LogP contribution in [-0.2, 0) is 10.9 Å². The van der Waals surface area contributed by atoms with E-state index in [1.807, 2.05) is 0 Å². The lowest BCUT2D eigenvalue weighted by atomic mass is 10.0. The van der Waals surface area contributed by atoms with Crippen molar-refractivity contribution in [2.45, 2.75) is 26.1 Å². The molecule has 1 aromatic carbocycles. The van der Waals surface area contributed by atoms with E-state index in [9.17, 15) is 18.0 Å². The van der Waals surface area contributed by atoms with E-state index in [4.69, 9.17) is 4.74 Å². The number of aromatic nitrogens is 1. The second-order valence-corrected chi connectivity index (χ2v) is 4.57. The molecule has 1 amide bonds. The summed E-state index contributed by atoms with van der Waals surface area (Å²) in [6.07, 6.45) is -5.28. The second kappa shape index (κ2) is 6.08. The van der Waals surface area contributed by atoms with Gasteiger partial charge in [-0.25, -0.2) is 4.79 Å². The minimum atomic E-state index is -4.52. The molecule has 0 aliphatic rings. The van der Waals surface area contributed by atoms with Crippen molar-refractivity contribution < 1.29 is 27.2 Å². The van der Waals surface area contributed by atoms with Gasteiger partial charge in [-0.05, 0) is 19.9 Å². The Hall–Kier alpha value is -2.51. The summed E-state index contributed by atoms with van der Waals surface area (Å²) >= 11 is 0. The number of aryl methyl sites for hydroxylation is 1. The van der Waals surface area contributed by atoms with Gasteiger partial charge in [0.1, 0.15) is 23.7 Å². The second-order valence-electron chi connectivity index (χ2n) is 4.57. The lowest BCUT2D eigenvalue weighted by Crippen LogP contribution is -2.18. The first kappa shape index (κ1) is 15.9. The topological polar surface area (TPSA) is 64.4 Å². The fourth-order valence-corrected chi connectivity index (χ4v) is 1.89. The molecule has 0 fully saturated rings. The summed E-state index contributed by atoms with van der Waals surface area (Å²) in [5, 5.41) is 5.91. The standard InChI is InChI=1S/C14H13F3N2O3/c1-8-12(7-21-19-8)18-13(20)22-9(2)10-5-3-4-6-11(10)14(15,16)17/h3-7,9H,1-2H3,(H,18,20)/t9-/m1/s1. The van der Waals surface area contributed by atoms with Crippen molar-refractivity contribution in [2.24, 2.45) is 0 Å². The van der Waals surface area contributed by atoms with Gasteiger partial charge in [-0.15, -0.1) is 0 Å². The fraction of sp³-hybridized carbons (Fsp3) is 0.286. The van der Waals surface area contributed by atoms with Crippen LogP contribution in [0.3, 0.4) is 0 Å². The normalized spacial score (nSPS) is 12.8. The lowest BCUT2D eigenvalue weighted by Gasteiger charge is -2.18. The molecule has 0 saturated carbocycles. The smallest absolute Gasteiger partial charge is 0.416 e. The van der Waals surface area contributed by atoms with Crippen molar-refractivity contribution in [2.75, 3.05) is 5.32 Å². The largest absolute Gasteiger partial charge is 0.441 e. The van der Waals surface area contributed by atoms with Gasteiger partial charge in [0, 0.05) is 5.56 Å². The van der Waals surface area contributed by atoms with Gasteiger partial charge in [0.2, 0.25) is 0 Å². The van der Waals surface area contributed by atoms with Crippen LogP contribution in [0.4, 0.5) is 23.7 Å². The zero-order valence-electron chi connectivity index (χ0n) is 11.8. The maximum atomic E-state index is 12.9. The Labute approximate surface area is 124 Å². The molecule has 0 saturated heterocycles. The molecule has 2 rings (SSSR count). The van der Waals surface area contributed by atoms with E-state index in [0.717, 1.165) is 6.07 Å².